The van der Waals surface area contributed by atoms with Crippen molar-refractivity contribution in [2.75, 3.05) is 6.61 Å². The highest BCUT2D eigenvalue weighted by Gasteiger charge is 2.15. The number of nitrogens with one attached hydrogen (secondary N) is 1. The van der Waals surface area contributed by atoms with Gasteiger partial charge in [-0.15, -0.1) is 0 Å². The van der Waals surface area contributed by atoms with Crippen LogP contribution in [0.5, 0.6) is 11.5 Å². The molecule has 0 aliphatic rings. The Hall–Kier alpha value is -2.08. The third kappa shape index (κ3) is 5.95. The first-order valence-corrected chi connectivity index (χ1v) is 10.5. The summed E-state index contributed by atoms with van der Waals surface area (Å²) in [7, 11) is 0. The van der Waals surface area contributed by atoms with Crippen molar-refractivity contribution in [1.29, 1.82) is 0 Å². The Balaban J connectivity index is 1.72. The lowest BCUT2D eigenvalue weighted by Crippen LogP contribution is -2.13. The van der Waals surface area contributed by atoms with Crippen molar-refractivity contribution < 1.29 is 13.9 Å². The van der Waals surface area contributed by atoms with Crippen LogP contribution in [0.1, 0.15) is 23.6 Å². The molecule has 3 aromatic rings. The lowest BCUT2D eigenvalue weighted by molar-refractivity contribution is 0.264. The second kappa shape index (κ2) is 10.6. The fourth-order valence-electron chi connectivity index (χ4n) is 2.89. The van der Waals surface area contributed by atoms with E-state index >= 15 is 0 Å². The maximum Gasteiger partial charge on any atom is 0.175 e. The lowest BCUT2D eigenvalue weighted by atomic mass is 10.1. The molecule has 0 aromatic heterocycles. The third-order valence-electron chi connectivity index (χ3n) is 4.29. The van der Waals surface area contributed by atoms with Crippen LogP contribution in [-0.2, 0) is 19.7 Å². The number of rotatable bonds is 9. The van der Waals surface area contributed by atoms with Gasteiger partial charge in [0.2, 0.25) is 0 Å². The second-order valence-corrected chi connectivity index (χ2v) is 7.68. The predicted octanol–water partition coefficient (Wildman–Crippen LogP) is 6.51. The van der Waals surface area contributed by atoms with E-state index < -0.39 is 5.82 Å². The van der Waals surface area contributed by atoms with Gasteiger partial charge in [-0.3, -0.25) is 0 Å². The lowest BCUT2D eigenvalue weighted by Gasteiger charge is -2.16. The molecule has 0 unspecified atom stereocenters. The summed E-state index contributed by atoms with van der Waals surface area (Å²) in [6.07, 6.45) is 0. The first-order chi connectivity index (χ1) is 14.1. The van der Waals surface area contributed by atoms with Gasteiger partial charge in [0.15, 0.2) is 11.5 Å². The molecule has 0 atom stereocenters. The van der Waals surface area contributed by atoms with Gasteiger partial charge in [-0.2, -0.15) is 0 Å². The summed E-state index contributed by atoms with van der Waals surface area (Å²) in [5.41, 5.74) is 2.59. The maximum atomic E-state index is 14.0. The van der Waals surface area contributed by atoms with Crippen molar-refractivity contribution in [3.05, 3.63) is 92.7 Å². The Kier molecular flexibility index (Phi) is 7.92. The SMILES string of the molecule is CCOc1cc(CNCc2ccccc2)cc(Br)c1OCc1c(F)cccc1Cl. The summed E-state index contributed by atoms with van der Waals surface area (Å²) in [6, 6.07) is 18.7. The molecule has 0 aliphatic heterocycles. The first-order valence-electron chi connectivity index (χ1n) is 9.34. The van der Waals surface area contributed by atoms with Gasteiger partial charge in [0, 0.05) is 18.7 Å². The minimum Gasteiger partial charge on any atom is -0.490 e. The molecule has 3 rings (SSSR count). The van der Waals surface area contributed by atoms with Gasteiger partial charge in [0.1, 0.15) is 12.4 Å². The second-order valence-electron chi connectivity index (χ2n) is 6.42. The van der Waals surface area contributed by atoms with Crippen LogP contribution in [0, 0.1) is 5.82 Å². The standard InChI is InChI=1S/C23H22BrClFNO2/c1-2-28-22-12-17(14-27-13-16-7-4-3-5-8-16)11-19(24)23(22)29-15-18-20(25)9-6-10-21(18)26/h3-12,27H,2,13-15H2,1H3. The van der Waals surface area contributed by atoms with Crippen molar-refractivity contribution in [1.82, 2.24) is 5.32 Å². The Morgan fingerprint density at radius 1 is 0.966 bits per heavy atom. The van der Waals surface area contributed by atoms with Gasteiger partial charge in [0.25, 0.3) is 0 Å². The van der Waals surface area contributed by atoms with Crippen molar-refractivity contribution in [2.24, 2.45) is 0 Å². The van der Waals surface area contributed by atoms with Crippen molar-refractivity contribution >= 4 is 27.5 Å². The molecule has 29 heavy (non-hydrogen) atoms. The van der Waals surface area contributed by atoms with E-state index in [0.717, 1.165) is 16.6 Å². The smallest absolute Gasteiger partial charge is 0.175 e. The highest BCUT2D eigenvalue weighted by molar-refractivity contribution is 9.10. The molecule has 0 heterocycles. The number of ether oxygens (including phenoxy) is 2. The number of hydrogen-bond acceptors (Lipinski definition) is 3. The summed E-state index contributed by atoms with van der Waals surface area (Å²) in [4.78, 5) is 0. The highest BCUT2D eigenvalue weighted by Crippen LogP contribution is 2.38. The molecule has 3 aromatic carbocycles. The minimum absolute atomic E-state index is 0.00971. The van der Waals surface area contributed by atoms with Gasteiger partial charge in [-0.1, -0.05) is 48.0 Å². The Morgan fingerprint density at radius 3 is 2.45 bits per heavy atom. The molecular formula is C23H22BrClFNO2. The van der Waals surface area contributed by atoms with Gasteiger partial charge in [0.05, 0.1) is 16.1 Å². The Morgan fingerprint density at radius 2 is 1.72 bits per heavy atom. The fraction of sp³-hybridized carbons (Fsp3) is 0.217. The van der Waals surface area contributed by atoms with E-state index in [1.54, 1.807) is 12.1 Å². The predicted molar refractivity (Wildman–Crippen MR) is 118 cm³/mol. The molecule has 0 saturated carbocycles. The van der Waals surface area contributed by atoms with Crippen molar-refractivity contribution in [2.45, 2.75) is 26.6 Å². The van der Waals surface area contributed by atoms with E-state index in [9.17, 15) is 4.39 Å². The van der Waals surface area contributed by atoms with Crippen LogP contribution in [0.4, 0.5) is 4.39 Å². The molecule has 152 valence electrons. The molecule has 0 radical (unpaired) electrons. The van der Waals surface area contributed by atoms with E-state index in [1.165, 1.54) is 11.6 Å². The summed E-state index contributed by atoms with van der Waals surface area (Å²) < 4.78 is 26.4. The van der Waals surface area contributed by atoms with E-state index in [-0.39, 0.29) is 6.61 Å². The summed E-state index contributed by atoms with van der Waals surface area (Å²) in [5, 5.41) is 3.76. The van der Waals surface area contributed by atoms with Gasteiger partial charge in [-0.25, -0.2) is 4.39 Å². The zero-order valence-electron chi connectivity index (χ0n) is 16.1. The molecule has 1 N–H and O–H groups in total. The molecule has 0 amide bonds. The van der Waals surface area contributed by atoms with Crippen LogP contribution in [0.25, 0.3) is 0 Å². The zero-order chi connectivity index (χ0) is 20.6. The number of halogens is 3. The molecule has 0 saturated heterocycles. The molecule has 0 aliphatic carbocycles. The van der Waals surface area contributed by atoms with E-state index in [2.05, 4.69) is 33.4 Å². The van der Waals surface area contributed by atoms with Crippen LogP contribution < -0.4 is 14.8 Å². The molecule has 3 nitrogen and oxygen atoms in total. The quantitative estimate of drug-likeness (QED) is 0.380. The molecule has 6 heteroatoms. The van der Waals surface area contributed by atoms with Crippen LogP contribution in [0.15, 0.2) is 65.1 Å². The monoisotopic (exact) mass is 477 g/mol. The van der Waals surface area contributed by atoms with E-state index in [0.29, 0.717) is 35.2 Å². The number of hydrogen-bond donors (Lipinski definition) is 1. The van der Waals surface area contributed by atoms with Gasteiger partial charge >= 0.3 is 0 Å². The number of benzene rings is 3. The van der Waals surface area contributed by atoms with Crippen molar-refractivity contribution in [3.8, 4) is 11.5 Å². The molecule has 0 bridgehead atoms. The fourth-order valence-corrected chi connectivity index (χ4v) is 3.71. The van der Waals surface area contributed by atoms with Gasteiger partial charge in [-0.05, 0) is 58.2 Å². The van der Waals surface area contributed by atoms with E-state index in [4.69, 9.17) is 21.1 Å². The minimum atomic E-state index is -0.395. The Labute approximate surface area is 183 Å². The van der Waals surface area contributed by atoms with Crippen LogP contribution in [-0.4, -0.2) is 6.61 Å². The van der Waals surface area contributed by atoms with Gasteiger partial charge < -0.3 is 14.8 Å². The normalized spacial score (nSPS) is 10.8. The largest absolute Gasteiger partial charge is 0.490 e. The van der Waals surface area contributed by atoms with Crippen LogP contribution in [0.3, 0.4) is 0 Å². The summed E-state index contributed by atoms with van der Waals surface area (Å²) >= 11 is 9.65. The Bertz CT molecular complexity index is 933. The first kappa shape index (κ1) is 21.6. The molecular weight excluding hydrogens is 457 g/mol. The zero-order valence-corrected chi connectivity index (χ0v) is 18.4. The average molecular weight is 479 g/mol. The van der Waals surface area contributed by atoms with Crippen molar-refractivity contribution in [3.63, 3.8) is 0 Å². The van der Waals surface area contributed by atoms with Crippen LogP contribution >= 0.6 is 27.5 Å². The average Bonchev–Trinajstić information content (AvgIpc) is 2.70. The van der Waals surface area contributed by atoms with E-state index in [1.807, 2.05) is 37.3 Å². The third-order valence-corrected chi connectivity index (χ3v) is 5.24. The molecule has 0 fully saturated rings. The summed E-state index contributed by atoms with van der Waals surface area (Å²) in [6.45, 7) is 3.85. The topological polar surface area (TPSA) is 30.5 Å². The van der Waals surface area contributed by atoms with Crippen LogP contribution in [0.2, 0.25) is 5.02 Å². The summed E-state index contributed by atoms with van der Waals surface area (Å²) in [5.74, 6) is 0.733. The molecule has 0 spiro atoms. The maximum absolute atomic E-state index is 14.0. The highest BCUT2D eigenvalue weighted by atomic mass is 79.9.